The quantitative estimate of drug-likeness (QED) is 0.504. The molecular formula is C9H12BN3O5. The maximum absolute atomic E-state index is 10.8. The SMILES string of the molecule is O=C(O)[C@H]1CN(c2ncc(B(O)O)cn2)CCO1. The molecule has 3 N–H and O–H groups in total. The molecule has 9 heteroatoms. The van der Waals surface area contributed by atoms with Crippen LogP contribution in [0.5, 0.6) is 0 Å². The number of aliphatic carboxylic acids is 1. The van der Waals surface area contributed by atoms with Crippen LogP contribution in [-0.4, -0.2) is 64.0 Å². The maximum Gasteiger partial charge on any atom is 0.491 e. The van der Waals surface area contributed by atoms with Gasteiger partial charge in [0.2, 0.25) is 5.95 Å². The van der Waals surface area contributed by atoms with Crippen molar-refractivity contribution in [3.8, 4) is 0 Å². The Labute approximate surface area is 103 Å². The van der Waals surface area contributed by atoms with Crippen molar-refractivity contribution >= 4 is 24.5 Å². The molecule has 18 heavy (non-hydrogen) atoms. The van der Waals surface area contributed by atoms with E-state index in [0.717, 1.165) is 0 Å². The second kappa shape index (κ2) is 5.30. The Kier molecular flexibility index (Phi) is 3.75. The van der Waals surface area contributed by atoms with Crippen LogP contribution in [0.25, 0.3) is 0 Å². The molecule has 1 aliphatic rings. The van der Waals surface area contributed by atoms with E-state index < -0.39 is 19.2 Å². The monoisotopic (exact) mass is 253 g/mol. The van der Waals surface area contributed by atoms with Crippen LogP contribution in [0.3, 0.4) is 0 Å². The Morgan fingerprint density at radius 1 is 1.44 bits per heavy atom. The van der Waals surface area contributed by atoms with Crippen molar-refractivity contribution in [2.24, 2.45) is 0 Å². The summed E-state index contributed by atoms with van der Waals surface area (Å²) in [5.74, 6) is -0.684. The minimum Gasteiger partial charge on any atom is -0.479 e. The number of carboxylic acids is 1. The van der Waals surface area contributed by atoms with Crippen molar-refractivity contribution in [2.75, 3.05) is 24.6 Å². The van der Waals surface area contributed by atoms with E-state index in [1.165, 1.54) is 12.4 Å². The number of morpholine rings is 1. The average Bonchev–Trinajstić information content (AvgIpc) is 2.39. The van der Waals surface area contributed by atoms with Gasteiger partial charge in [-0.1, -0.05) is 0 Å². The minimum absolute atomic E-state index is 0.163. The summed E-state index contributed by atoms with van der Waals surface area (Å²) >= 11 is 0. The maximum atomic E-state index is 10.8. The van der Waals surface area contributed by atoms with Gasteiger partial charge in [-0.2, -0.15) is 0 Å². The summed E-state index contributed by atoms with van der Waals surface area (Å²) < 4.78 is 5.08. The van der Waals surface area contributed by atoms with E-state index in [2.05, 4.69) is 9.97 Å². The van der Waals surface area contributed by atoms with Gasteiger partial charge >= 0.3 is 13.1 Å². The molecule has 0 bridgehead atoms. The first kappa shape index (κ1) is 12.7. The predicted octanol–water partition coefficient (Wildman–Crippen LogP) is -2.55. The summed E-state index contributed by atoms with van der Waals surface area (Å²) in [5.41, 5.74) is 0.182. The van der Waals surface area contributed by atoms with Gasteiger partial charge in [0.1, 0.15) is 0 Å². The zero-order valence-corrected chi connectivity index (χ0v) is 9.43. The summed E-state index contributed by atoms with van der Waals surface area (Å²) in [6.07, 6.45) is 1.68. The first-order chi connectivity index (χ1) is 8.58. The molecule has 1 fully saturated rings. The normalized spacial score (nSPS) is 19.7. The van der Waals surface area contributed by atoms with Gasteiger partial charge in [0, 0.05) is 24.4 Å². The third-order valence-corrected chi connectivity index (χ3v) is 2.58. The topological polar surface area (TPSA) is 116 Å². The van der Waals surface area contributed by atoms with Crippen molar-refractivity contribution in [1.29, 1.82) is 0 Å². The van der Waals surface area contributed by atoms with Crippen molar-refractivity contribution in [3.63, 3.8) is 0 Å². The van der Waals surface area contributed by atoms with Crippen LogP contribution in [0.15, 0.2) is 12.4 Å². The van der Waals surface area contributed by atoms with Gasteiger partial charge in [-0.25, -0.2) is 14.8 Å². The molecule has 1 aromatic heterocycles. The second-order valence-corrected chi connectivity index (χ2v) is 3.83. The van der Waals surface area contributed by atoms with E-state index in [9.17, 15) is 4.79 Å². The summed E-state index contributed by atoms with van der Waals surface area (Å²) in [5, 5.41) is 26.7. The molecule has 1 aliphatic heterocycles. The second-order valence-electron chi connectivity index (χ2n) is 3.83. The molecule has 0 amide bonds. The highest BCUT2D eigenvalue weighted by Gasteiger charge is 2.27. The van der Waals surface area contributed by atoms with E-state index in [-0.39, 0.29) is 18.6 Å². The first-order valence-electron chi connectivity index (χ1n) is 5.35. The van der Waals surface area contributed by atoms with Gasteiger partial charge < -0.3 is 24.8 Å². The predicted molar refractivity (Wildman–Crippen MR) is 61.4 cm³/mol. The average molecular weight is 253 g/mol. The van der Waals surface area contributed by atoms with Crippen LogP contribution in [0.1, 0.15) is 0 Å². The van der Waals surface area contributed by atoms with E-state index in [4.69, 9.17) is 19.9 Å². The molecule has 2 heterocycles. The summed E-state index contributed by atoms with van der Waals surface area (Å²) in [7, 11) is -1.62. The standard InChI is InChI=1S/C9H12BN3O5/c14-8(15)7-5-13(1-2-18-7)9-11-3-6(4-12-9)10(16)17/h3-4,7,16-17H,1-2,5H2,(H,14,15)/t7-/m1/s1. The number of rotatable bonds is 3. The van der Waals surface area contributed by atoms with Crippen molar-refractivity contribution in [1.82, 2.24) is 9.97 Å². The zero-order chi connectivity index (χ0) is 13.1. The molecular weight excluding hydrogens is 241 g/mol. The van der Waals surface area contributed by atoms with E-state index >= 15 is 0 Å². The molecule has 2 rings (SSSR count). The lowest BCUT2D eigenvalue weighted by Crippen LogP contribution is -2.47. The van der Waals surface area contributed by atoms with Crippen LogP contribution in [0, 0.1) is 0 Å². The van der Waals surface area contributed by atoms with Gasteiger partial charge in [0.25, 0.3) is 0 Å². The van der Waals surface area contributed by atoms with Crippen molar-refractivity contribution in [2.45, 2.75) is 6.10 Å². The molecule has 0 unspecified atom stereocenters. The lowest BCUT2D eigenvalue weighted by atomic mass is 9.83. The smallest absolute Gasteiger partial charge is 0.479 e. The zero-order valence-electron chi connectivity index (χ0n) is 9.43. The molecule has 0 radical (unpaired) electrons. The molecule has 96 valence electrons. The fraction of sp³-hybridized carbons (Fsp3) is 0.444. The summed E-state index contributed by atoms with van der Waals surface area (Å²) in [6.45, 7) is 0.936. The van der Waals surface area contributed by atoms with Gasteiger partial charge in [-0.05, 0) is 0 Å². The molecule has 1 aromatic rings. The number of nitrogens with zero attached hydrogens (tertiary/aromatic N) is 3. The van der Waals surface area contributed by atoms with Gasteiger partial charge in [0.15, 0.2) is 6.10 Å². The highest BCUT2D eigenvalue weighted by molar-refractivity contribution is 6.58. The van der Waals surface area contributed by atoms with Crippen LogP contribution in [-0.2, 0) is 9.53 Å². The van der Waals surface area contributed by atoms with Gasteiger partial charge in [-0.15, -0.1) is 0 Å². The van der Waals surface area contributed by atoms with Crippen molar-refractivity contribution < 1.29 is 24.7 Å². The Morgan fingerprint density at radius 3 is 2.67 bits per heavy atom. The number of anilines is 1. The Morgan fingerprint density at radius 2 is 2.11 bits per heavy atom. The number of carbonyl (C=O) groups is 1. The fourth-order valence-electron chi connectivity index (χ4n) is 1.61. The van der Waals surface area contributed by atoms with Gasteiger partial charge in [-0.3, -0.25) is 0 Å². The van der Waals surface area contributed by atoms with E-state index in [1.807, 2.05) is 0 Å². The molecule has 8 nitrogen and oxygen atoms in total. The highest BCUT2D eigenvalue weighted by atomic mass is 16.5. The molecule has 1 saturated heterocycles. The molecule has 0 spiro atoms. The third-order valence-electron chi connectivity index (χ3n) is 2.58. The molecule has 0 saturated carbocycles. The lowest BCUT2D eigenvalue weighted by molar-refractivity contribution is -0.150. The summed E-state index contributed by atoms with van der Waals surface area (Å²) in [6, 6.07) is 0. The number of carboxylic acid groups (broad SMARTS) is 1. The number of ether oxygens (including phenoxy) is 1. The molecule has 1 atom stereocenters. The number of aromatic nitrogens is 2. The lowest BCUT2D eigenvalue weighted by Gasteiger charge is -2.30. The minimum atomic E-state index is -1.62. The highest BCUT2D eigenvalue weighted by Crippen LogP contribution is 2.11. The number of hydrogen-bond acceptors (Lipinski definition) is 7. The molecule has 0 aliphatic carbocycles. The van der Waals surface area contributed by atoms with Crippen LogP contribution in [0.2, 0.25) is 0 Å². The van der Waals surface area contributed by atoms with E-state index in [1.54, 1.807) is 4.90 Å². The number of hydrogen-bond donors (Lipinski definition) is 3. The summed E-state index contributed by atoms with van der Waals surface area (Å²) in [4.78, 5) is 20.4. The van der Waals surface area contributed by atoms with Crippen molar-refractivity contribution in [3.05, 3.63) is 12.4 Å². The molecule has 0 aromatic carbocycles. The largest absolute Gasteiger partial charge is 0.491 e. The first-order valence-corrected chi connectivity index (χ1v) is 5.35. The Bertz CT molecular complexity index is 427. The van der Waals surface area contributed by atoms with E-state index in [0.29, 0.717) is 12.5 Å². The van der Waals surface area contributed by atoms with Crippen LogP contribution >= 0.6 is 0 Å². The van der Waals surface area contributed by atoms with Gasteiger partial charge in [0.05, 0.1) is 13.2 Å². The van der Waals surface area contributed by atoms with Crippen LogP contribution in [0.4, 0.5) is 5.95 Å². The van der Waals surface area contributed by atoms with Crippen LogP contribution < -0.4 is 10.4 Å². The fourth-order valence-corrected chi connectivity index (χ4v) is 1.61. The third kappa shape index (κ3) is 2.75. The Hall–Kier alpha value is -1.71. The Balaban J connectivity index is 2.09.